The van der Waals surface area contributed by atoms with Gasteiger partial charge in [0.15, 0.2) is 6.61 Å². The maximum Gasteiger partial charge on any atom is 0.262 e. The second-order valence-electron chi connectivity index (χ2n) is 6.89. The summed E-state index contributed by atoms with van der Waals surface area (Å²) in [6.45, 7) is -0.0279. The molecule has 0 aromatic heterocycles. The number of ether oxygens (including phenoxy) is 1. The van der Waals surface area contributed by atoms with E-state index in [0.717, 1.165) is 12.8 Å². The summed E-state index contributed by atoms with van der Waals surface area (Å²) in [5, 5.41) is 9.55. The lowest BCUT2D eigenvalue weighted by atomic mass is 9.89. The Bertz CT molecular complexity index is 686. The minimum Gasteiger partial charge on any atom is -0.482 e. The van der Waals surface area contributed by atoms with E-state index < -0.39 is 0 Å². The zero-order valence-electron chi connectivity index (χ0n) is 13.6. The van der Waals surface area contributed by atoms with Crippen molar-refractivity contribution in [3.8, 4) is 5.75 Å². The quantitative estimate of drug-likeness (QED) is 0.746. The summed E-state index contributed by atoms with van der Waals surface area (Å²) in [7, 11) is 0. The van der Waals surface area contributed by atoms with E-state index in [2.05, 4.69) is 16.0 Å². The van der Waals surface area contributed by atoms with Gasteiger partial charge in [-0.2, -0.15) is 0 Å². The molecule has 8 heteroatoms. The summed E-state index contributed by atoms with van der Waals surface area (Å²) < 4.78 is 5.37. The normalized spacial score (nSPS) is 26.8. The minimum atomic E-state index is -0.212. The van der Waals surface area contributed by atoms with Gasteiger partial charge in [-0.1, -0.05) is 11.6 Å². The number of hydrogen-bond donors (Lipinski definition) is 3. The Morgan fingerprint density at radius 3 is 2.72 bits per heavy atom. The van der Waals surface area contributed by atoms with E-state index in [0.29, 0.717) is 46.6 Å². The van der Waals surface area contributed by atoms with E-state index >= 15 is 0 Å². The van der Waals surface area contributed by atoms with Gasteiger partial charge in [-0.3, -0.25) is 9.59 Å². The molecule has 3 aliphatic rings. The Morgan fingerprint density at radius 2 is 2.00 bits per heavy atom. The van der Waals surface area contributed by atoms with Gasteiger partial charge in [-0.15, -0.1) is 12.4 Å². The van der Waals surface area contributed by atoms with Crippen molar-refractivity contribution in [2.24, 2.45) is 5.92 Å². The first kappa shape index (κ1) is 18.3. The fourth-order valence-electron chi connectivity index (χ4n) is 4.00. The van der Waals surface area contributed by atoms with Gasteiger partial charge >= 0.3 is 0 Å². The van der Waals surface area contributed by atoms with Crippen molar-refractivity contribution in [1.82, 2.24) is 5.32 Å². The average molecular weight is 386 g/mol. The number of amides is 2. The zero-order chi connectivity index (χ0) is 16.7. The van der Waals surface area contributed by atoms with Gasteiger partial charge in [-0.05, 0) is 37.7 Å². The van der Waals surface area contributed by atoms with E-state index in [1.165, 1.54) is 12.8 Å². The van der Waals surface area contributed by atoms with Crippen LogP contribution in [-0.4, -0.2) is 30.5 Å². The third-order valence-electron chi connectivity index (χ3n) is 5.02. The van der Waals surface area contributed by atoms with Gasteiger partial charge in [0.2, 0.25) is 5.91 Å². The highest BCUT2D eigenvalue weighted by molar-refractivity contribution is 6.34. The Morgan fingerprint density at radius 1 is 1.28 bits per heavy atom. The smallest absolute Gasteiger partial charge is 0.262 e. The number of anilines is 2. The van der Waals surface area contributed by atoms with E-state index in [1.54, 1.807) is 12.1 Å². The summed E-state index contributed by atoms with van der Waals surface area (Å²) in [5.74, 6) is 0.712. The SMILES string of the molecule is Cl.O=C(CC1CC2CCC(C1)N2)Nc1cc2c(cc1Cl)NC(=O)CO2. The van der Waals surface area contributed by atoms with Crippen LogP contribution >= 0.6 is 24.0 Å². The van der Waals surface area contributed by atoms with Gasteiger partial charge in [0.25, 0.3) is 5.91 Å². The largest absolute Gasteiger partial charge is 0.482 e. The van der Waals surface area contributed by atoms with Gasteiger partial charge in [0.05, 0.1) is 16.4 Å². The molecule has 0 spiro atoms. The summed E-state index contributed by atoms with van der Waals surface area (Å²) in [6.07, 6.45) is 5.10. The van der Waals surface area contributed by atoms with Gasteiger partial charge in [0.1, 0.15) is 5.75 Å². The number of fused-ring (bicyclic) bond motifs is 3. The van der Waals surface area contributed by atoms with Crippen molar-refractivity contribution in [1.29, 1.82) is 0 Å². The van der Waals surface area contributed by atoms with E-state index in [1.807, 2.05) is 0 Å². The second kappa shape index (κ2) is 7.40. The number of piperidine rings is 1. The first-order valence-electron chi connectivity index (χ1n) is 8.39. The lowest BCUT2D eigenvalue weighted by Gasteiger charge is -2.28. The summed E-state index contributed by atoms with van der Waals surface area (Å²) in [6, 6.07) is 4.42. The molecule has 1 aromatic rings. The third kappa shape index (κ3) is 4.02. The van der Waals surface area contributed by atoms with Crippen molar-refractivity contribution in [3.05, 3.63) is 17.2 Å². The summed E-state index contributed by atoms with van der Waals surface area (Å²) in [4.78, 5) is 23.7. The minimum absolute atomic E-state index is 0. The Balaban J connectivity index is 0.00000182. The first-order chi connectivity index (χ1) is 11.6. The maximum atomic E-state index is 12.4. The molecule has 2 unspecified atom stereocenters. The highest BCUT2D eigenvalue weighted by Crippen LogP contribution is 2.37. The molecule has 2 amide bonds. The first-order valence-corrected chi connectivity index (χ1v) is 8.76. The molecule has 0 saturated carbocycles. The zero-order valence-corrected chi connectivity index (χ0v) is 15.2. The van der Waals surface area contributed by atoms with Crippen molar-refractivity contribution in [3.63, 3.8) is 0 Å². The van der Waals surface area contributed by atoms with Crippen molar-refractivity contribution in [2.75, 3.05) is 17.2 Å². The van der Waals surface area contributed by atoms with Crippen LogP contribution in [0.25, 0.3) is 0 Å². The average Bonchev–Trinajstić information content (AvgIpc) is 2.87. The van der Waals surface area contributed by atoms with Crippen LogP contribution in [0.3, 0.4) is 0 Å². The molecule has 0 radical (unpaired) electrons. The van der Waals surface area contributed by atoms with E-state index in [-0.39, 0.29) is 30.8 Å². The molecule has 2 atom stereocenters. The Kier molecular flexibility index (Phi) is 5.41. The van der Waals surface area contributed by atoms with Gasteiger partial charge in [-0.25, -0.2) is 0 Å². The Labute approximate surface area is 157 Å². The number of nitrogens with one attached hydrogen (secondary N) is 3. The standard InChI is InChI=1S/C17H20ClN3O3.ClH/c18-12-6-14-15(24-8-17(23)21-14)7-13(12)20-16(22)5-9-3-10-1-2-11(4-9)19-10;/h6-7,9-11,19H,1-5,8H2,(H,20,22)(H,21,23);1H. The fourth-order valence-corrected chi connectivity index (χ4v) is 4.21. The second-order valence-corrected chi connectivity index (χ2v) is 7.30. The lowest BCUT2D eigenvalue weighted by molar-refractivity contribution is -0.119. The van der Waals surface area contributed by atoms with Crippen molar-refractivity contribution in [2.45, 2.75) is 44.2 Å². The molecule has 25 heavy (non-hydrogen) atoms. The van der Waals surface area contributed by atoms with Crippen LogP contribution in [0.2, 0.25) is 5.02 Å². The molecule has 6 nitrogen and oxygen atoms in total. The van der Waals surface area contributed by atoms with Crippen LogP contribution in [0.5, 0.6) is 5.75 Å². The van der Waals surface area contributed by atoms with E-state index in [9.17, 15) is 9.59 Å². The van der Waals surface area contributed by atoms with Crippen LogP contribution in [-0.2, 0) is 9.59 Å². The number of benzene rings is 1. The molecular formula is C17H21Cl2N3O3. The molecule has 136 valence electrons. The lowest BCUT2D eigenvalue weighted by Crippen LogP contribution is -2.39. The third-order valence-corrected chi connectivity index (χ3v) is 5.33. The molecule has 2 fully saturated rings. The van der Waals surface area contributed by atoms with Gasteiger partial charge in [0, 0.05) is 24.6 Å². The highest BCUT2D eigenvalue weighted by atomic mass is 35.5. The predicted molar refractivity (Wildman–Crippen MR) is 98.7 cm³/mol. The molecule has 2 saturated heterocycles. The van der Waals surface area contributed by atoms with Crippen LogP contribution in [0.15, 0.2) is 12.1 Å². The van der Waals surface area contributed by atoms with Crippen LogP contribution in [0.4, 0.5) is 11.4 Å². The van der Waals surface area contributed by atoms with Crippen LogP contribution in [0.1, 0.15) is 32.1 Å². The van der Waals surface area contributed by atoms with Gasteiger partial charge < -0.3 is 20.7 Å². The van der Waals surface area contributed by atoms with Crippen molar-refractivity contribution < 1.29 is 14.3 Å². The van der Waals surface area contributed by atoms with Crippen LogP contribution in [0, 0.1) is 5.92 Å². The molecule has 3 aliphatic heterocycles. The van der Waals surface area contributed by atoms with Crippen molar-refractivity contribution >= 4 is 47.2 Å². The molecule has 4 rings (SSSR count). The Hall–Kier alpha value is -1.50. The molecule has 3 N–H and O–H groups in total. The van der Waals surface area contributed by atoms with Crippen LogP contribution < -0.4 is 20.7 Å². The fraction of sp³-hybridized carbons (Fsp3) is 0.529. The molecule has 3 heterocycles. The number of halogens is 2. The molecule has 1 aromatic carbocycles. The molecular weight excluding hydrogens is 365 g/mol. The predicted octanol–water partition coefficient (Wildman–Crippen LogP) is 2.95. The maximum absolute atomic E-state index is 12.4. The number of carbonyl (C=O) groups excluding carboxylic acids is 2. The summed E-state index contributed by atoms with van der Waals surface area (Å²) >= 11 is 6.22. The topological polar surface area (TPSA) is 79.5 Å². The highest BCUT2D eigenvalue weighted by Gasteiger charge is 2.34. The summed E-state index contributed by atoms with van der Waals surface area (Å²) in [5.41, 5.74) is 1.05. The monoisotopic (exact) mass is 385 g/mol. The molecule has 0 aliphatic carbocycles. The number of rotatable bonds is 3. The number of hydrogen-bond acceptors (Lipinski definition) is 4. The van der Waals surface area contributed by atoms with E-state index in [4.69, 9.17) is 16.3 Å². The number of carbonyl (C=O) groups is 2. The molecule has 2 bridgehead atoms.